The van der Waals surface area contributed by atoms with Crippen LogP contribution in [0.3, 0.4) is 0 Å². The zero-order valence-corrected chi connectivity index (χ0v) is 21.5. The van der Waals surface area contributed by atoms with Crippen molar-refractivity contribution in [2.45, 2.75) is 6.92 Å². The molecule has 5 aromatic rings. The number of fused-ring (bicyclic) bond motifs is 1. The Balaban J connectivity index is 1.43. The zero-order chi connectivity index (χ0) is 27.7. The summed E-state index contributed by atoms with van der Waals surface area (Å²) in [4.78, 5) is 40.6. The van der Waals surface area contributed by atoms with Crippen LogP contribution in [0.15, 0.2) is 63.6 Å². The highest BCUT2D eigenvalue weighted by atomic mass is 35.5. The number of rotatable bonds is 7. The fourth-order valence-electron chi connectivity index (χ4n) is 3.56. The summed E-state index contributed by atoms with van der Waals surface area (Å²) in [6.45, 7) is 1.83. The first-order valence-electron chi connectivity index (χ1n) is 11.2. The van der Waals surface area contributed by atoms with E-state index in [1.807, 2.05) is 6.92 Å². The highest BCUT2D eigenvalue weighted by Gasteiger charge is 2.13. The second-order valence-electron chi connectivity index (χ2n) is 8.24. The fraction of sp³-hybridized carbons (Fsp3) is 0.0417. The average Bonchev–Trinajstić information content (AvgIpc) is 3.24. The molecule has 0 saturated carbocycles. The predicted octanol–water partition coefficient (Wildman–Crippen LogP) is 5.84. The molecule has 0 aliphatic rings. The highest BCUT2D eigenvalue weighted by Crippen LogP contribution is 2.34. The first-order chi connectivity index (χ1) is 18.6. The molecular formula is C24H18Cl2N10O3. The van der Waals surface area contributed by atoms with Crippen LogP contribution < -0.4 is 22.1 Å². The van der Waals surface area contributed by atoms with Crippen LogP contribution in [0.25, 0.3) is 11.0 Å². The van der Waals surface area contributed by atoms with E-state index in [1.165, 1.54) is 18.2 Å². The molecule has 2 heterocycles. The Morgan fingerprint density at radius 1 is 0.949 bits per heavy atom. The van der Waals surface area contributed by atoms with Crippen molar-refractivity contribution in [2.75, 3.05) is 16.4 Å². The van der Waals surface area contributed by atoms with E-state index in [2.05, 4.69) is 45.8 Å². The Kier molecular flexibility index (Phi) is 6.83. The number of carboxylic acids is 1. The first-order valence-corrected chi connectivity index (χ1v) is 11.9. The van der Waals surface area contributed by atoms with Gasteiger partial charge in [0, 0.05) is 11.4 Å². The maximum absolute atomic E-state index is 11.5. The van der Waals surface area contributed by atoms with Gasteiger partial charge in [0.2, 0.25) is 17.2 Å². The molecule has 0 radical (unpaired) electrons. The minimum atomic E-state index is -1.15. The molecule has 15 heteroatoms. The lowest BCUT2D eigenvalue weighted by Crippen LogP contribution is -2.05. The van der Waals surface area contributed by atoms with Crippen molar-refractivity contribution < 1.29 is 9.90 Å². The molecule has 0 aliphatic carbocycles. The zero-order valence-electron chi connectivity index (χ0n) is 20.0. The van der Waals surface area contributed by atoms with E-state index in [4.69, 9.17) is 34.0 Å². The molecule has 0 aliphatic heterocycles. The topological polar surface area (TPSA) is 199 Å². The Bertz CT molecular complexity index is 1830. The quantitative estimate of drug-likeness (QED) is 0.104. The van der Waals surface area contributed by atoms with E-state index >= 15 is 0 Å². The lowest BCUT2D eigenvalue weighted by Gasteiger charge is -2.12. The molecule has 0 saturated heterocycles. The number of carboxylic acid groups (broad SMARTS) is 1. The largest absolute Gasteiger partial charge is 0.478 e. The molecule has 0 amide bonds. The number of azo groups is 1. The SMILES string of the molecule is Cc1cc(N=Nc2ccc3[nH]c(=O)[nH]c3c2)c(Nc2nc(Cl)nc(Nc3ccc(C(=O)O)c(Cl)c3)n2)cc1N. The molecule has 39 heavy (non-hydrogen) atoms. The lowest BCUT2D eigenvalue weighted by molar-refractivity contribution is 0.0697. The maximum Gasteiger partial charge on any atom is 0.337 e. The van der Waals surface area contributed by atoms with Crippen LogP contribution >= 0.6 is 23.2 Å². The molecular weight excluding hydrogens is 547 g/mol. The predicted molar refractivity (Wildman–Crippen MR) is 149 cm³/mol. The normalized spacial score (nSPS) is 11.3. The summed E-state index contributed by atoms with van der Waals surface area (Å²) in [5.41, 5.74) is 10.1. The Hall–Kier alpha value is -5.01. The van der Waals surface area contributed by atoms with Crippen molar-refractivity contribution in [2.24, 2.45) is 10.2 Å². The number of imidazole rings is 1. The number of aryl methyl sites for hydroxylation is 1. The third kappa shape index (κ3) is 5.79. The van der Waals surface area contributed by atoms with Crippen LogP contribution in [0, 0.1) is 6.92 Å². The minimum absolute atomic E-state index is 0.0400. The van der Waals surface area contributed by atoms with Crippen LogP contribution in [-0.2, 0) is 0 Å². The number of aromatic amines is 2. The van der Waals surface area contributed by atoms with Crippen LogP contribution in [0.1, 0.15) is 15.9 Å². The Labute approximate surface area is 229 Å². The number of nitrogens with two attached hydrogens (primary N) is 1. The number of nitrogens with zero attached hydrogens (tertiary/aromatic N) is 5. The number of carbonyl (C=O) groups is 1. The van der Waals surface area contributed by atoms with Gasteiger partial charge in [-0.3, -0.25) is 0 Å². The number of hydrogen-bond donors (Lipinski definition) is 6. The van der Waals surface area contributed by atoms with E-state index in [9.17, 15) is 9.59 Å². The van der Waals surface area contributed by atoms with Gasteiger partial charge in [-0.15, -0.1) is 5.11 Å². The lowest BCUT2D eigenvalue weighted by atomic mass is 10.1. The van der Waals surface area contributed by atoms with Crippen molar-refractivity contribution in [1.82, 2.24) is 24.9 Å². The van der Waals surface area contributed by atoms with E-state index in [1.54, 1.807) is 30.3 Å². The van der Waals surface area contributed by atoms with Gasteiger partial charge in [0.05, 0.1) is 33.0 Å². The third-order valence-corrected chi connectivity index (χ3v) is 5.95. The second kappa shape index (κ2) is 10.4. The average molecular weight is 565 g/mol. The van der Waals surface area contributed by atoms with Gasteiger partial charge < -0.3 is 31.4 Å². The minimum Gasteiger partial charge on any atom is -0.478 e. The fourth-order valence-corrected chi connectivity index (χ4v) is 3.99. The molecule has 13 nitrogen and oxygen atoms in total. The van der Waals surface area contributed by atoms with Gasteiger partial charge in [-0.2, -0.15) is 20.1 Å². The summed E-state index contributed by atoms with van der Waals surface area (Å²) in [6, 6.07) is 12.8. The Morgan fingerprint density at radius 3 is 2.44 bits per heavy atom. The van der Waals surface area contributed by atoms with Gasteiger partial charge in [0.15, 0.2) is 0 Å². The van der Waals surface area contributed by atoms with Crippen molar-refractivity contribution >= 4 is 80.5 Å². The van der Waals surface area contributed by atoms with Crippen LogP contribution in [0.5, 0.6) is 0 Å². The summed E-state index contributed by atoms with van der Waals surface area (Å²) in [7, 11) is 0. The van der Waals surface area contributed by atoms with Gasteiger partial charge in [0.1, 0.15) is 5.69 Å². The van der Waals surface area contributed by atoms with Crippen LogP contribution in [0.2, 0.25) is 10.3 Å². The molecule has 196 valence electrons. The van der Waals surface area contributed by atoms with Crippen LogP contribution in [0.4, 0.5) is 40.3 Å². The number of aromatic nitrogens is 5. The molecule has 5 rings (SSSR count). The van der Waals surface area contributed by atoms with Crippen LogP contribution in [-0.4, -0.2) is 36.0 Å². The smallest absolute Gasteiger partial charge is 0.337 e. The molecule has 0 fully saturated rings. The number of nitrogens with one attached hydrogen (secondary N) is 4. The molecule has 7 N–H and O–H groups in total. The number of nitrogen functional groups attached to an aromatic ring is 1. The molecule has 0 spiro atoms. The van der Waals surface area contributed by atoms with E-state index < -0.39 is 5.97 Å². The van der Waals surface area contributed by atoms with Crippen molar-refractivity contribution in [3.8, 4) is 0 Å². The number of H-pyrrole nitrogens is 2. The summed E-state index contributed by atoms with van der Waals surface area (Å²) in [5, 5.41) is 23.7. The number of benzene rings is 3. The number of aromatic carboxylic acids is 1. The van der Waals surface area contributed by atoms with Crippen molar-refractivity contribution in [3.63, 3.8) is 0 Å². The van der Waals surface area contributed by atoms with Crippen molar-refractivity contribution in [3.05, 3.63) is 80.4 Å². The second-order valence-corrected chi connectivity index (χ2v) is 8.98. The number of hydrogen-bond acceptors (Lipinski definition) is 10. The van der Waals surface area contributed by atoms with E-state index in [0.29, 0.717) is 39.5 Å². The summed E-state index contributed by atoms with van der Waals surface area (Å²) >= 11 is 12.2. The van der Waals surface area contributed by atoms with Gasteiger partial charge in [0.25, 0.3) is 0 Å². The monoisotopic (exact) mass is 564 g/mol. The summed E-state index contributed by atoms with van der Waals surface area (Å²) in [6.07, 6.45) is 0. The first kappa shape index (κ1) is 25.6. The number of anilines is 5. The molecule has 2 aromatic heterocycles. The van der Waals surface area contributed by atoms with Gasteiger partial charge in [-0.1, -0.05) is 11.6 Å². The van der Waals surface area contributed by atoms with E-state index in [0.717, 1.165) is 5.56 Å². The molecule has 0 unspecified atom stereocenters. The third-order valence-electron chi connectivity index (χ3n) is 5.47. The molecule has 0 bridgehead atoms. The summed E-state index contributed by atoms with van der Waals surface area (Å²) < 4.78 is 0. The van der Waals surface area contributed by atoms with Crippen molar-refractivity contribution in [1.29, 1.82) is 0 Å². The van der Waals surface area contributed by atoms with E-state index in [-0.39, 0.29) is 33.5 Å². The molecule has 3 aromatic carbocycles. The van der Waals surface area contributed by atoms with Gasteiger partial charge >= 0.3 is 11.7 Å². The Morgan fingerprint density at radius 2 is 1.69 bits per heavy atom. The van der Waals surface area contributed by atoms with Gasteiger partial charge in [-0.25, -0.2) is 9.59 Å². The maximum atomic E-state index is 11.5. The standard InChI is InChI=1S/C24H18Cl2N10O3/c1-10-6-19(36-35-12-3-5-16-17(8-12)31-24(39)30-16)18(9-15(10)27)29-23-33-21(26)32-22(34-23)28-11-2-4-13(20(37)38)14(25)7-11/h2-9H,27H2,1H3,(H,37,38)(H2,30,31,39)(H2,28,29,32,33,34). The van der Waals surface area contributed by atoms with Gasteiger partial charge in [-0.05, 0) is 72.6 Å². The number of halogens is 2. The highest BCUT2D eigenvalue weighted by molar-refractivity contribution is 6.33. The molecule has 0 atom stereocenters. The summed E-state index contributed by atoms with van der Waals surface area (Å²) in [5.74, 6) is -0.989.